The molecule has 19 heavy (non-hydrogen) atoms. The summed E-state index contributed by atoms with van der Waals surface area (Å²) in [6.45, 7) is 0. The lowest BCUT2D eigenvalue weighted by molar-refractivity contribution is -0.121. The number of nitrogens with one attached hydrogen (secondary N) is 2. The van der Waals surface area contributed by atoms with Crippen molar-refractivity contribution in [2.45, 2.75) is 19.3 Å². The highest BCUT2D eigenvalue weighted by Crippen LogP contribution is 2.24. The molecule has 100 valence electrons. The van der Waals surface area contributed by atoms with Gasteiger partial charge in [-0.25, -0.2) is 10.6 Å². The van der Waals surface area contributed by atoms with Crippen LogP contribution in [0.3, 0.4) is 0 Å². The van der Waals surface area contributed by atoms with Gasteiger partial charge in [0.1, 0.15) is 5.69 Å². The Labute approximate surface area is 109 Å². The highest BCUT2D eigenvalue weighted by atomic mass is 16.4. The lowest BCUT2D eigenvalue weighted by atomic mass is 10.0. The van der Waals surface area contributed by atoms with Crippen LogP contribution in [0.25, 0.3) is 10.9 Å². The number of hydrogen-bond acceptors (Lipinski definition) is 3. The lowest BCUT2D eigenvalue weighted by Crippen LogP contribution is -2.29. The Hall–Kier alpha value is -2.34. The second kappa shape index (κ2) is 5.53. The molecular formula is C13H15N3O3. The van der Waals surface area contributed by atoms with Gasteiger partial charge in [0, 0.05) is 17.3 Å². The Morgan fingerprint density at radius 3 is 2.74 bits per heavy atom. The molecule has 5 N–H and O–H groups in total. The van der Waals surface area contributed by atoms with Gasteiger partial charge in [-0.3, -0.25) is 10.2 Å². The van der Waals surface area contributed by atoms with E-state index in [1.807, 2.05) is 24.3 Å². The third-order valence-electron chi connectivity index (χ3n) is 3.02. The number of rotatable bonds is 5. The van der Waals surface area contributed by atoms with Gasteiger partial charge in [0.2, 0.25) is 5.91 Å². The van der Waals surface area contributed by atoms with E-state index >= 15 is 0 Å². The number of carboxylic acid groups (broad SMARTS) is 1. The molecule has 0 saturated carbocycles. The maximum Gasteiger partial charge on any atom is 0.352 e. The minimum atomic E-state index is -0.991. The SMILES string of the molecule is NNC(=O)CCCc1c(C(=O)O)[nH]c2ccccc12. The number of carbonyl (C=O) groups excluding carboxylic acids is 1. The number of benzene rings is 1. The highest BCUT2D eigenvalue weighted by Gasteiger charge is 2.16. The highest BCUT2D eigenvalue weighted by molar-refractivity contribution is 5.97. The number of fused-ring (bicyclic) bond motifs is 1. The van der Waals surface area contributed by atoms with Crippen molar-refractivity contribution in [3.8, 4) is 0 Å². The van der Waals surface area contributed by atoms with Crippen LogP contribution in [-0.4, -0.2) is 22.0 Å². The maximum absolute atomic E-state index is 11.2. The van der Waals surface area contributed by atoms with Crippen molar-refractivity contribution in [1.29, 1.82) is 0 Å². The summed E-state index contributed by atoms with van der Waals surface area (Å²) in [6.07, 6.45) is 1.33. The maximum atomic E-state index is 11.2. The molecule has 1 aromatic carbocycles. The molecule has 0 aliphatic heterocycles. The minimum Gasteiger partial charge on any atom is -0.477 e. The van der Waals surface area contributed by atoms with E-state index in [1.54, 1.807) is 0 Å². The topological polar surface area (TPSA) is 108 Å². The molecule has 2 aromatic rings. The molecule has 0 spiro atoms. The lowest BCUT2D eigenvalue weighted by Gasteiger charge is -2.02. The molecular weight excluding hydrogens is 246 g/mol. The van der Waals surface area contributed by atoms with Crippen molar-refractivity contribution < 1.29 is 14.7 Å². The number of H-pyrrole nitrogens is 1. The van der Waals surface area contributed by atoms with E-state index in [9.17, 15) is 14.7 Å². The van der Waals surface area contributed by atoms with Crippen molar-refractivity contribution in [3.63, 3.8) is 0 Å². The Balaban J connectivity index is 2.26. The summed E-state index contributed by atoms with van der Waals surface area (Å²) in [7, 11) is 0. The van der Waals surface area contributed by atoms with E-state index < -0.39 is 5.97 Å². The van der Waals surface area contributed by atoms with Crippen LogP contribution < -0.4 is 11.3 Å². The number of aromatic carboxylic acids is 1. The Morgan fingerprint density at radius 2 is 2.05 bits per heavy atom. The van der Waals surface area contributed by atoms with Gasteiger partial charge in [0.15, 0.2) is 0 Å². The number of para-hydroxylation sites is 1. The summed E-state index contributed by atoms with van der Waals surface area (Å²) in [6, 6.07) is 7.41. The first-order valence-electron chi connectivity index (χ1n) is 5.95. The number of hydrazine groups is 1. The van der Waals surface area contributed by atoms with E-state index in [-0.39, 0.29) is 18.0 Å². The smallest absolute Gasteiger partial charge is 0.352 e. The van der Waals surface area contributed by atoms with Crippen LogP contribution in [0, 0.1) is 0 Å². The first-order valence-corrected chi connectivity index (χ1v) is 5.95. The molecule has 0 bridgehead atoms. The van der Waals surface area contributed by atoms with Gasteiger partial charge in [-0.2, -0.15) is 0 Å². The summed E-state index contributed by atoms with van der Waals surface area (Å²) >= 11 is 0. The molecule has 1 aromatic heterocycles. The van der Waals surface area contributed by atoms with Gasteiger partial charge in [0.25, 0.3) is 0 Å². The van der Waals surface area contributed by atoms with Crippen LogP contribution in [0.1, 0.15) is 28.9 Å². The quantitative estimate of drug-likeness (QED) is 0.368. The number of carbonyl (C=O) groups is 2. The van der Waals surface area contributed by atoms with Crippen LogP contribution >= 0.6 is 0 Å². The zero-order valence-electron chi connectivity index (χ0n) is 10.3. The van der Waals surface area contributed by atoms with E-state index in [0.29, 0.717) is 12.8 Å². The largest absolute Gasteiger partial charge is 0.477 e. The zero-order valence-corrected chi connectivity index (χ0v) is 10.3. The minimum absolute atomic E-state index is 0.189. The van der Waals surface area contributed by atoms with Crippen molar-refractivity contribution in [1.82, 2.24) is 10.4 Å². The van der Waals surface area contributed by atoms with Crippen LogP contribution in [0.5, 0.6) is 0 Å². The summed E-state index contributed by atoms with van der Waals surface area (Å²) in [5, 5.41) is 10.1. The third kappa shape index (κ3) is 2.74. The third-order valence-corrected chi connectivity index (χ3v) is 3.02. The monoisotopic (exact) mass is 261 g/mol. The molecule has 2 rings (SSSR count). The zero-order chi connectivity index (χ0) is 13.8. The van der Waals surface area contributed by atoms with Crippen LogP contribution in [0.15, 0.2) is 24.3 Å². The second-order valence-electron chi connectivity index (χ2n) is 4.25. The summed E-state index contributed by atoms with van der Waals surface area (Å²) in [5.74, 6) is 3.76. The predicted octanol–water partition coefficient (Wildman–Crippen LogP) is 1.18. The normalized spacial score (nSPS) is 10.6. The average molecular weight is 261 g/mol. The number of hydrogen-bond donors (Lipinski definition) is 4. The molecule has 1 amide bonds. The molecule has 0 aliphatic carbocycles. The van der Waals surface area contributed by atoms with Gasteiger partial charge < -0.3 is 10.1 Å². The summed E-state index contributed by atoms with van der Waals surface area (Å²) in [4.78, 5) is 25.2. The van der Waals surface area contributed by atoms with Gasteiger partial charge in [-0.15, -0.1) is 0 Å². The van der Waals surface area contributed by atoms with E-state index in [2.05, 4.69) is 10.4 Å². The Bertz CT molecular complexity index is 619. The molecule has 0 atom stereocenters. The summed E-state index contributed by atoms with van der Waals surface area (Å²) < 4.78 is 0. The van der Waals surface area contributed by atoms with E-state index in [1.165, 1.54) is 0 Å². The Morgan fingerprint density at radius 1 is 1.32 bits per heavy atom. The first kappa shape index (κ1) is 13.1. The molecule has 6 nitrogen and oxygen atoms in total. The fraction of sp³-hybridized carbons (Fsp3) is 0.231. The van der Waals surface area contributed by atoms with Gasteiger partial charge in [-0.1, -0.05) is 18.2 Å². The van der Waals surface area contributed by atoms with Gasteiger partial charge >= 0.3 is 5.97 Å². The van der Waals surface area contributed by atoms with Gasteiger partial charge in [0.05, 0.1) is 0 Å². The van der Waals surface area contributed by atoms with Crippen LogP contribution in [0.4, 0.5) is 0 Å². The number of aromatic nitrogens is 1. The molecule has 6 heteroatoms. The van der Waals surface area contributed by atoms with Crippen molar-refractivity contribution in [2.24, 2.45) is 5.84 Å². The first-order chi connectivity index (χ1) is 9.13. The Kier molecular flexibility index (Phi) is 3.82. The molecule has 0 saturated heterocycles. The summed E-state index contributed by atoms with van der Waals surface area (Å²) in [5.41, 5.74) is 3.77. The molecule has 0 unspecified atom stereocenters. The average Bonchev–Trinajstić information content (AvgIpc) is 2.78. The fourth-order valence-electron chi connectivity index (χ4n) is 2.14. The number of aryl methyl sites for hydroxylation is 1. The van der Waals surface area contributed by atoms with Gasteiger partial charge in [-0.05, 0) is 24.5 Å². The van der Waals surface area contributed by atoms with Crippen LogP contribution in [0.2, 0.25) is 0 Å². The molecule has 0 aliphatic rings. The standard InChI is InChI=1S/C13H15N3O3/c14-16-11(17)7-3-5-9-8-4-1-2-6-10(8)15-12(9)13(18)19/h1-2,4,6,15H,3,5,7,14H2,(H,16,17)(H,18,19). The number of amides is 1. The van der Waals surface area contributed by atoms with Crippen molar-refractivity contribution >= 4 is 22.8 Å². The second-order valence-corrected chi connectivity index (χ2v) is 4.25. The van der Waals surface area contributed by atoms with E-state index in [4.69, 9.17) is 5.84 Å². The van der Waals surface area contributed by atoms with Crippen molar-refractivity contribution in [2.75, 3.05) is 0 Å². The number of carboxylic acids is 1. The number of aromatic amines is 1. The fourth-order valence-corrected chi connectivity index (χ4v) is 2.14. The van der Waals surface area contributed by atoms with E-state index in [0.717, 1.165) is 16.5 Å². The number of nitrogens with two attached hydrogens (primary N) is 1. The molecule has 0 radical (unpaired) electrons. The van der Waals surface area contributed by atoms with Crippen molar-refractivity contribution in [3.05, 3.63) is 35.5 Å². The van der Waals surface area contributed by atoms with Crippen LogP contribution in [-0.2, 0) is 11.2 Å². The predicted molar refractivity (Wildman–Crippen MR) is 70.5 cm³/mol. The molecule has 1 heterocycles. The molecule has 0 fully saturated rings.